The van der Waals surface area contributed by atoms with Crippen LogP contribution in [0.3, 0.4) is 0 Å². The van der Waals surface area contributed by atoms with E-state index in [0.717, 1.165) is 19.5 Å². The van der Waals surface area contributed by atoms with Crippen LogP contribution in [0.25, 0.3) is 0 Å². The first kappa shape index (κ1) is 9.69. The van der Waals surface area contributed by atoms with Gasteiger partial charge in [0.05, 0.1) is 0 Å². The Labute approximate surface area is 85.7 Å². The van der Waals surface area contributed by atoms with Crippen LogP contribution in [0.5, 0.6) is 0 Å². The molecule has 2 heteroatoms. The molecule has 2 unspecified atom stereocenters. The maximum Gasteiger partial charge on any atom is 0.0132 e. The summed E-state index contributed by atoms with van der Waals surface area (Å²) < 4.78 is 0. The minimum absolute atomic E-state index is 0.327. The average Bonchev–Trinajstić information content (AvgIpc) is 2.23. The molecule has 0 aliphatic carbocycles. The molecule has 0 bridgehead atoms. The van der Waals surface area contributed by atoms with Gasteiger partial charge >= 0.3 is 0 Å². The predicted molar refractivity (Wildman–Crippen MR) is 59.3 cm³/mol. The fourth-order valence-electron chi connectivity index (χ4n) is 2.19. The summed E-state index contributed by atoms with van der Waals surface area (Å²) >= 11 is 0. The van der Waals surface area contributed by atoms with E-state index < -0.39 is 0 Å². The standard InChI is InChI=1S/C12H18N2/c1-14-8-7-12(13)11(9-14)10-5-3-2-4-6-10/h2-6,11-12H,7-9,13H2,1H3. The third-order valence-corrected chi connectivity index (χ3v) is 3.10. The lowest BCUT2D eigenvalue weighted by atomic mass is 9.87. The molecule has 0 amide bonds. The second kappa shape index (κ2) is 4.11. The molecule has 2 atom stereocenters. The van der Waals surface area contributed by atoms with Crippen LogP contribution in [0.15, 0.2) is 30.3 Å². The first-order chi connectivity index (χ1) is 6.77. The molecule has 0 spiro atoms. The van der Waals surface area contributed by atoms with Crippen LogP contribution in [-0.4, -0.2) is 31.1 Å². The van der Waals surface area contributed by atoms with Crippen molar-refractivity contribution in [2.75, 3.05) is 20.1 Å². The van der Waals surface area contributed by atoms with Gasteiger partial charge in [-0.15, -0.1) is 0 Å². The molecule has 1 saturated heterocycles. The summed E-state index contributed by atoms with van der Waals surface area (Å²) in [6, 6.07) is 10.9. The number of nitrogens with two attached hydrogens (primary N) is 1. The van der Waals surface area contributed by atoms with Gasteiger partial charge in [0.2, 0.25) is 0 Å². The Balaban J connectivity index is 2.16. The highest BCUT2D eigenvalue weighted by molar-refractivity contribution is 5.22. The molecular weight excluding hydrogens is 172 g/mol. The SMILES string of the molecule is CN1CCC(N)C(c2ccccc2)C1. The number of hydrogen-bond donors (Lipinski definition) is 1. The van der Waals surface area contributed by atoms with Gasteiger partial charge in [-0.2, -0.15) is 0 Å². The van der Waals surface area contributed by atoms with Gasteiger partial charge in [0.15, 0.2) is 0 Å². The maximum atomic E-state index is 6.15. The van der Waals surface area contributed by atoms with E-state index in [1.165, 1.54) is 5.56 Å². The van der Waals surface area contributed by atoms with Crippen molar-refractivity contribution in [3.05, 3.63) is 35.9 Å². The van der Waals surface area contributed by atoms with Gasteiger partial charge in [-0.05, 0) is 25.6 Å². The predicted octanol–water partition coefficient (Wildman–Crippen LogP) is 1.43. The molecular formula is C12H18N2. The molecule has 2 rings (SSSR count). The molecule has 2 N–H and O–H groups in total. The second-order valence-corrected chi connectivity index (χ2v) is 4.23. The van der Waals surface area contributed by atoms with E-state index in [1.54, 1.807) is 0 Å². The third-order valence-electron chi connectivity index (χ3n) is 3.10. The Hall–Kier alpha value is -0.860. The largest absolute Gasteiger partial charge is 0.327 e. The van der Waals surface area contributed by atoms with Gasteiger partial charge in [-0.25, -0.2) is 0 Å². The van der Waals surface area contributed by atoms with Crippen molar-refractivity contribution >= 4 is 0 Å². The normalized spacial score (nSPS) is 29.0. The quantitative estimate of drug-likeness (QED) is 0.726. The van der Waals surface area contributed by atoms with Crippen LogP contribution in [0.1, 0.15) is 17.9 Å². The van der Waals surface area contributed by atoms with Crippen molar-refractivity contribution < 1.29 is 0 Å². The Kier molecular flexibility index (Phi) is 2.85. The minimum Gasteiger partial charge on any atom is -0.327 e. The summed E-state index contributed by atoms with van der Waals surface area (Å²) in [7, 11) is 2.17. The minimum atomic E-state index is 0.327. The number of likely N-dealkylation sites (tertiary alicyclic amines) is 1. The highest BCUT2D eigenvalue weighted by atomic mass is 15.1. The summed E-state index contributed by atoms with van der Waals surface area (Å²) in [6.07, 6.45) is 1.11. The highest BCUT2D eigenvalue weighted by Crippen LogP contribution is 2.24. The van der Waals surface area contributed by atoms with Crippen molar-refractivity contribution in [3.8, 4) is 0 Å². The first-order valence-electron chi connectivity index (χ1n) is 5.26. The molecule has 1 aromatic carbocycles. The van der Waals surface area contributed by atoms with E-state index in [4.69, 9.17) is 5.73 Å². The van der Waals surface area contributed by atoms with Gasteiger partial charge in [-0.1, -0.05) is 30.3 Å². The smallest absolute Gasteiger partial charge is 0.0132 e. The average molecular weight is 190 g/mol. The second-order valence-electron chi connectivity index (χ2n) is 4.23. The highest BCUT2D eigenvalue weighted by Gasteiger charge is 2.25. The zero-order valence-corrected chi connectivity index (χ0v) is 8.69. The van der Waals surface area contributed by atoms with Crippen LogP contribution in [0.4, 0.5) is 0 Å². The molecule has 0 radical (unpaired) electrons. The fraction of sp³-hybridized carbons (Fsp3) is 0.500. The molecule has 1 aromatic rings. The van der Waals surface area contributed by atoms with Gasteiger partial charge < -0.3 is 10.6 Å². The van der Waals surface area contributed by atoms with Gasteiger partial charge in [0, 0.05) is 18.5 Å². The summed E-state index contributed by atoms with van der Waals surface area (Å²) in [6.45, 7) is 2.22. The van der Waals surface area contributed by atoms with Crippen LogP contribution in [0.2, 0.25) is 0 Å². The fourth-order valence-corrected chi connectivity index (χ4v) is 2.19. The van der Waals surface area contributed by atoms with E-state index in [2.05, 4.69) is 42.3 Å². The molecule has 0 aromatic heterocycles. The van der Waals surface area contributed by atoms with Crippen LogP contribution in [0, 0.1) is 0 Å². The number of hydrogen-bond acceptors (Lipinski definition) is 2. The Morgan fingerprint density at radius 3 is 2.71 bits per heavy atom. The zero-order valence-electron chi connectivity index (χ0n) is 8.69. The van der Waals surface area contributed by atoms with Crippen molar-refractivity contribution in [3.63, 3.8) is 0 Å². The summed E-state index contributed by atoms with van der Waals surface area (Å²) in [5.41, 5.74) is 7.53. The van der Waals surface area contributed by atoms with Gasteiger partial charge in [-0.3, -0.25) is 0 Å². The zero-order chi connectivity index (χ0) is 9.97. The van der Waals surface area contributed by atoms with E-state index in [0.29, 0.717) is 12.0 Å². The number of likely N-dealkylation sites (N-methyl/N-ethyl adjacent to an activating group) is 1. The number of nitrogens with zero attached hydrogens (tertiary/aromatic N) is 1. The Morgan fingerprint density at radius 2 is 2.00 bits per heavy atom. The first-order valence-corrected chi connectivity index (χ1v) is 5.26. The molecule has 14 heavy (non-hydrogen) atoms. The summed E-state index contributed by atoms with van der Waals surface area (Å²) in [5.74, 6) is 0.509. The third kappa shape index (κ3) is 1.97. The molecule has 1 heterocycles. The molecule has 2 nitrogen and oxygen atoms in total. The van der Waals surface area contributed by atoms with Crippen LogP contribution in [-0.2, 0) is 0 Å². The molecule has 1 aliphatic rings. The van der Waals surface area contributed by atoms with Crippen molar-refractivity contribution in [1.82, 2.24) is 4.90 Å². The lowest BCUT2D eigenvalue weighted by Crippen LogP contribution is -2.43. The van der Waals surface area contributed by atoms with Crippen molar-refractivity contribution in [2.24, 2.45) is 5.73 Å². The van der Waals surface area contributed by atoms with Crippen molar-refractivity contribution in [1.29, 1.82) is 0 Å². The molecule has 0 saturated carbocycles. The number of rotatable bonds is 1. The lowest BCUT2D eigenvalue weighted by molar-refractivity contribution is 0.228. The topological polar surface area (TPSA) is 29.3 Å². The van der Waals surface area contributed by atoms with E-state index in [-0.39, 0.29) is 0 Å². The maximum absolute atomic E-state index is 6.15. The Bertz CT molecular complexity index is 284. The van der Waals surface area contributed by atoms with E-state index in [1.807, 2.05) is 0 Å². The molecule has 76 valence electrons. The monoisotopic (exact) mass is 190 g/mol. The number of piperidine rings is 1. The molecule has 1 fully saturated rings. The van der Waals surface area contributed by atoms with Gasteiger partial charge in [0.1, 0.15) is 0 Å². The van der Waals surface area contributed by atoms with Gasteiger partial charge in [0.25, 0.3) is 0 Å². The number of benzene rings is 1. The van der Waals surface area contributed by atoms with E-state index >= 15 is 0 Å². The Morgan fingerprint density at radius 1 is 1.29 bits per heavy atom. The van der Waals surface area contributed by atoms with E-state index in [9.17, 15) is 0 Å². The van der Waals surface area contributed by atoms with Crippen LogP contribution >= 0.6 is 0 Å². The lowest BCUT2D eigenvalue weighted by Gasteiger charge is -2.35. The summed E-state index contributed by atoms with van der Waals surface area (Å²) in [5, 5.41) is 0. The van der Waals surface area contributed by atoms with Crippen molar-refractivity contribution in [2.45, 2.75) is 18.4 Å². The molecule has 1 aliphatic heterocycles. The van der Waals surface area contributed by atoms with Crippen LogP contribution < -0.4 is 5.73 Å². The summed E-state index contributed by atoms with van der Waals surface area (Å²) in [4.78, 5) is 2.36.